The number of imidazole rings is 1. The fourth-order valence-corrected chi connectivity index (χ4v) is 5.41. The summed E-state index contributed by atoms with van der Waals surface area (Å²) < 4.78 is 8.35. The lowest BCUT2D eigenvalue weighted by atomic mass is 10.2. The van der Waals surface area contributed by atoms with E-state index in [9.17, 15) is 24.7 Å². The fraction of sp³-hybridized carbons (Fsp3) is 0.154. The van der Waals surface area contributed by atoms with Gasteiger partial charge in [-0.1, -0.05) is 11.6 Å². The normalized spacial score (nSPS) is 15.6. The lowest BCUT2D eigenvalue weighted by Gasteiger charge is -2.24. The molecule has 0 saturated carbocycles. The zero-order valence-electron chi connectivity index (χ0n) is 13.8. The van der Waals surface area contributed by atoms with Crippen LogP contribution in [0.2, 0.25) is 0 Å². The molecule has 3 rings (SSSR count). The number of phenols is 2. The zero-order valence-corrected chi connectivity index (χ0v) is 17.8. The standard InChI is InChI=1S/C13H10BrClFN7O4S2/c14-13(15,16)28-12(17,29-23(26)27)11-21-9-8(18-4-19-9)10(22-11)20-6-3-5(24)1-2-7(6)25/h1-4,24-25H,17H2,(H2,18,19,20,21,22). The van der Waals surface area contributed by atoms with E-state index >= 15 is 0 Å². The molecule has 0 spiro atoms. The van der Waals surface area contributed by atoms with E-state index in [0.29, 0.717) is 0 Å². The van der Waals surface area contributed by atoms with Gasteiger partial charge < -0.3 is 20.5 Å². The van der Waals surface area contributed by atoms with Gasteiger partial charge in [0, 0.05) is 6.07 Å². The number of benzene rings is 1. The predicted molar refractivity (Wildman–Crippen MR) is 111 cm³/mol. The summed E-state index contributed by atoms with van der Waals surface area (Å²) in [5.41, 5.74) is 6.43. The first kappa shape index (κ1) is 21.6. The van der Waals surface area contributed by atoms with Gasteiger partial charge in [0.2, 0.25) is 4.20 Å². The monoisotopic (exact) mass is 525 g/mol. The largest absolute Gasteiger partial charge is 0.508 e. The second kappa shape index (κ2) is 7.98. The Morgan fingerprint density at radius 2 is 2.14 bits per heavy atom. The third-order valence-corrected chi connectivity index (χ3v) is 5.82. The number of thioether (sulfide) groups is 1. The van der Waals surface area contributed by atoms with Crippen molar-refractivity contribution in [1.82, 2.24) is 19.9 Å². The molecule has 16 heteroatoms. The molecule has 0 amide bonds. The average molecular weight is 527 g/mol. The van der Waals surface area contributed by atoms with Crippen LogP contribution < -0.4 is 11.1 Å². The van der Waals surface area contributed by atoms with Gasteiger partial charge in [0.15, 0.2) is 17.3 Å². The summed E-state index contributed by atoms with van der Waals surface area (Å²) in [5.74, 6) is -0.714. The van der Waals surface area contributed by atoms with Crippen molar-refractivity contribution < 1.29 is 18.9 Å². The highest BCUT2D eigenvalue weighted by molar-refractivity contribution is 9.12. The van der Waals surface area contributed by atoms with Crippen molar-refractivity contribution in [2.75, 3.05) is 5.32 Å². The number of aromatic amines is 1. The number of H-pyrrole nitrogens is 1. The Kier molecular flexibility index (Phi) is 5.96. The zero-order chi connectivity index (χ0) is 21.4. The van der Waals surface area contributed by atoms with Gasteiger partial charge in [-0.2, -0.15) is 0 Å². The second-order valence-corrected chi connectivity index (χ2v) is 11.0. The average Bonchev–Trinajstić information content (AvgIpc) is 3.04. The molecule has 2 atom stereocenters. The minimum Gasteiger partial charge on any atom is -0.508 e. The molecule has 0 aliphatic carbocycles. The lowest BCUT2D eigenvalue weighted by molar-refractivity contribution is -0.285. The number of nitro groups is 1. The van der Waals surface area contributed by atoms with Gasteiger partial charge >= 0.3 is 0 Å². The number of anilines is 2. The molecule has 0 fully saturated rings. The van der Waals surface area contributed by atoms with Crippen molar-refractivity contribution in [3.05, 3.63) is 40.5 Å². The minimum atomic E-state index is -2.65. The van der Waals surface area contributed by atoms with Gasteiger partial charge in [-0.05, 0) is 39.8 Å². The van der Waals surface area contributed by atoms with Crippen LogP contribution in [0.1, 0.15) is 5.82 Å². The number of nitrogens with one attached hydrogen (secondary N) is 2. The van der Waals surface area contributed by atoms with Gasteiger partial charge in [0.25, 0.3) is 15.3 Å². The Balaban J connectivity index is 2.13. The number of fused-ring (bicyclic) bond motifs is 1. The van der Waals surface area contributed by atoms with Crippen molar-refractivity contribution in [2.24, 2.45) is 5.73 Å². The highest BCUT2D eigenvalue weighted by Gasteiger charge is 2.48. The molecule has 2 aromatic heterocycles. The van der Waals surface area contributed by atoms with Crippen LogP contribution in [-0.4, -0.2) is 37.8 Å². The van der Waals surface area contributed by atoms with Gasteiger partial charge in [0.05, 0.1) is 12.0 Å². The molecule has 6 N–H and O–H groups in total. The topological polar surface area (TPSA) is 176 Å². The van der Waals surface area contributed by atoms with Crippen LogP contribution in [0.15, 0.2) is 24.5 Å². The molecule has 29 heavy (non-hydrogen) atoms. The molecule has 11 nitrogen and oxygen atoms in total. The summed E-state index contributed by atoms with van der Waals surface area (Å²) >= 11 is 8.12. The number of aromatic hydroxyl groups is 2. The van der Waals surface area contributed by atoms with E-state index in [-0.39, 0.29) is 63.7 Å². The smallest absolute Gasteiger partial charge is 0.287 e. The van der Waals surface area contributed by atoms with E-state index in [4.69, 9.17) is 17.3 Å². The molecule has 154 valence electrons. The third-order valence-electron chi connectivity index (χ3n) is 3.31. The Hall–Kier alpha value is -2.07. The maximum atomic E-state index is 14.0. The van der Waals surface area contributed by atoms with Crippen LogP contribution >= 0.6 is 51.2 Å². The number of phenolic OH excluding ortho intramolecular Hbond substituents is 2. The third kappa shape index (κ3) is 5.11. The second-order valence-electron chi connectivity index (χ2n) is 5.35. The molecule has 0 saturated heterocycles. The number of aromatic nitrogens is 4. The molecule has 0 radical (unpaired) electrons. The van der Waals surface area contributed by atoms with E-state index in [0.717, 1.165) is 0 Å². The number of alkyl halides is 3. The lowest BCUT2D eigenvalue weighted by Crippen LogP contribution is -2.35. The first-order chi connectivity index (χ1) is 13.5. The maximum absolute atomic E-state index is 14.0. The van der Waals surface area contributed by atoms with E-state index in [2.05, 4.69) is 41.2 Å². The summed E-state index contributed by atoms with van der Waals surface area (Å²) in [5, 5.41) is 33.5. The molecule has 0 aliphatic rings. The van der Waals surface area contributed by atoms with E-state index in [1.54, 1.807) is 0 Å². The van der Waals surface area contributed by atoms with Crippen molar-refractivity contribution in [2.45, 2.75) is 7.57 Å². The molecule has 1 aromatic carbocycles. The molecule has 3 aromatic rings. The molecular weight excluding hydrogens is 517 g/mol. The predicted octanol–water partition coefficient (Wildman–Crippen LogP) is 3.45. The van der Waals surface area contributed by atoms with Crippen molar-refractivity contribution in [1.29, 1.82) is 0 Å². The quantitative estimate of drug-likeness (QED) is 0.0579. The number of rotatable bonds is 7. The molecule has 0 aliphatic heterocycles. The van der Waals surface area contributed by atoms with Crippen molar-refractivity contribution in [3.63, 3.8) is 0 Å². The van der Waals surface area contributed by atoms with E-state index < -0.39 is 11.9 Å². The van der Waals surface area contributed by atoms with Gasteiger partial charge in [-0.15, -0.1) is 0 Å². The Labute approximate surface area is 183 Å². The van der Waals surface area contributed by atoms with Crippen LogP contribution in [0, 0.1) is 10.1 Å². The van der Waals surface area contributed by atoms with Gasteiger partial charge in [-0.3, -0.25) is 15.8 Å². The van der Waals surface area contributed by atoms with Crippen LogP contribution in [0.3, 0.4) is 0 Å². The number of halogens is 3. The van der Waals surface area contributed by atoms with E-state index in [1.807, 2.05) is 0 Å². The maximum Gasteiger partial charge on any atom is 0.287 e. The van der Waals surface area contributed by atoms with Gasteiger partial charge in [-0.25, -0.2) is 19.3 Å². The highest BCUT2D eigenvalue weighted by Crippen LogP contribution is 2.52. The fourth-order valence-electron chi connectivity index (χ4n) is 2.22. The number of nitrogens with zero attached hydrogens (tertiary/aromatic N) is 4. The van der Waals surface area contributed by atoms with E-state index in [1.165, 1.54) is 24.5 Å². The highest BCUT2D eigenvalue weighted by atomic mass is 79.9. The SMILES string of the molecule is NC(S[N+](=O)[O-])(SC(F)(Cl)Br)c1nc(Nc2cc(O)ccc2O)c2[nH]cnc2n1. The summed E-state index contributed by atoms with van der Waals surface area (Å²) in [6, 6.07) is 3.73. The van der Waals surface area contributed by atoms with Crippen LogP contribution in [0.5, 0.6) is 11.5 Å². The first-order valence-electron chi connectivity index (χ1n) is 7.37. The van der Waals surface area contributed by atoms with Crippen molar-refractivity contribution >= 4 is 73.9 Å². The summed E-state index contributed by atoms with van der Waals surface area (Å²) in [4.78, 5) is 26.0. The molecule has 2 unspecified atom stereocenters. The molecule has 2 heterocycles. The Bertz CT molecular complexity index is 1080. The number of hydrogen-bond acceptors (Lipinski definition) is 11. The Morgan fingerprint density at radius 3 is 2.79 bits per heavy atom. The minimum absolute atomic E-state index is 0.0105. The Morgan fingerprint density at radius 1 is 1.41 bits per heavy atom. The van der Waals surface area contributed by atoms with Crippen LogP contribution in [0.25, 0.3) is 11.2 Å². The van der Waals surface area contributed by atoms with Crippen molar-refractivity contribution in [3.8, 4) is 11.5 Å². The molecule has 0 bridgehead atoms. The summed E-state index contributed by atoms with van der Waals surface area (Å²) in [6.07, 6.45) is 1.29. The molecular formula is C13H10BrClFN7O4S2. The first-order valence-corrected chi connectivity index (χ1v) is 10.1. The van der Waals surface area contributed by atoms with Gasteiger partial charge in [0.1, 0.15) is 21.3 Å². The van der Waals surface area contributed by atoms with Crippen LogP contribution in [0.4, 0.5) is 15.9 Å². The van der Waals surface area contributed by atoms with Crippen LogP contribution in [-0.2, 0) is 4.20 Å². The summed E-state index contributed by atoms with van der Waals surface area (Å²) in [6.45, 7) is 0. The number of hydrogen-bond donors (Lipinski definition) is 5. The number of nitrogens with two attached hydrogens (primary N) is 1. The summed E-state index contributed by atoms with van der Waals surface area (Å²) in [7, 11) is 0.